The number of carbonyl (C=O) groups excluding carboxylic acids is 2. The van der Waals surface area contributed by atoms with Crippen molar-refractivity contribution in [2.24, 2.45) is 0 Å². The normalized spacial score (nSPS) is 11.2. The van der Waals surface area contributed by atoms with Crippen LogP contribution in [0.1, 0.15) is 33.6 Å². The summed E-state index contributed by atoms with van der Waals surface area (Å²) in [5, 5.41) is 5.57. The van der Waals surface area contributed by atoms with Crippen molar-refractivity contribution in [3.8, 4) is 0 Å². The smallest absolute Gasteiger partial charge is 0.326 e. The SMILES string of the molecule is CSc1nc(C)c(CCC(=O)Nc2cccc(C(=O)Nc3cccc(C(F)(F)F)c3)c2)c(=O)[nH]1. The van der Waals surface area contributed by atoms with Crippen LogP contribution >= 0.6 is 11.8 Å². The van der Waals surface area contributed by atoms with Crippen molar-refractivity contribution in [3.05, 3.63) is 81.3 Å². The number of amides is 2. The van der Waals surface area contributed by atoms with Crippen molar-refractivity contribution in [2.75, 3.05) is 16.9 Å². The number of alkyl halides is 3. The van der Waals surface area contributed by atoms with Crippen LogP contribution in [0.5, 0.6) is 0 Å². The van der Waals surface area contributed by atoms with Gasteiger partial charge in [-0.3, -0.25) is 14.4 Å². The Labute approximate surface area is 197 Å². The standard InChI is InChI=1S/C23H21F3N4O3S/c1-13-18(21(33)30-22(27-13)34-2)9-10-19(31)28-16-7-3-5-14(11-16)20(32)29-17-8-4-6-15(12-17)23(24,25)26/h3-8,11-12H,9-10H2,1-2H3,(H,28,31)(H,29,32)(H,27,30,33). The lowest BCUT2D eigenvalue weighted by molar-refractivity contribution is -0.137. The molecule has 2 aromatic carbocycles. The van der Waals surface area contributed by atoms with Crippen LogP contribution in [0.2, 0.25) is 0 Å². The molecule has 3 aromatic rings. The van der Waals surface area contributed by atoms with Gasteiger partial charge in [0.1, 0.15) is 0 Å². The van der Waals surface area contributed by atoms with Crippen LogP contribution in [0.4, 0.5) is 24.5 Å². The molecule has 1 aromatic heterocycles. The maximum atomic E-state index is 12.9. The lowest BCUT2D eigenvalue weighted by atomic mass is 10.1. The van der Waals surface area contributed by atoms with E-state index in [-0.39, 0.29) is 35.6 Å². The van der Waals surface area contributed by atoms with Gasteiger partial charge in [0.2, 0.25) is 5.91 Å². The monoisotopic (exact) mass is 490 g/mol. The molecule has 0 aliphatic heterocycles. The van der Waals surface area contributed by atoms with Crippen LogP contribution in [-0.2, 0) is 17.4 Å². The second-order valence-corrected chi connectivity index (χ2v) is 8.10. The van der Waals surface area contributed by atoms with Crippen molar-refractivity contribution in [1.29, 1.82) is 0 Å². The van der Waals surface area contributed by atoms with Crippen LogP contribution in [-0.4, -0.2) is 28.0 Å². The van der Waals surface area contributed by atoms with E-state index in [0.29, 0.717) is 22.1 Å². The lowest BCUT2D eigenvalue weighted by Gasteiger charge is -2.11. The topological polar surface area (TPSA) is 104 Å². The molecule has 0 fully saturated rings. The summed E-state index contributed by atoms with van der Waals surface area (Å²) in [6, 6.07) is 10.3. The number of aromatic nitrogens is 2. The van der Waals surface area contributed by atoms with Crippen molar-refractivity contribution in [1.82, 2.24) is 9.97 Å². The highest BCUT2D eigenvalue weighted by Gasteiger charge is 2.30. The number of carbonyl (C=O) groups is 2. The largest absolute Gasteiger partial charge is 0.416 e. The van der Waals surface area contributed by atoms with Crippen LogP contribution < -0.4 is 16.2 Å². The van der Waals surface area contributed by atoms with E-state index in [0.717, 1.165) is 12.1 Å². The fraction of sp³-hybridized carbons (Fsp3) is 0.217. The Morgan fingerprint density at radius 2 is 1.74 bits per heavy atom. The molecule has 7 nitrogen and oxygen atoms in total. The predicted molar refractivity (Wildman–Crippen MR) is 124 cm³/mol. The fourth-order valence-electron chi connectivity index (χ4n) is 3.15. The number of thioether (sulfide) groups is 1. The first kappa shape index (κ1) is 25.0. The van der Waals surface area contributed by atoms with Crippen LogP contribution in [0.3, 0.4) is 0 Å². The highest BCUT2D eigenvalue weighted by molar-refractivity contribution is 7.98. The first-order valence-electron chi connectivity index (χ1n) is 10.1. The van der Waals surface area contributed by atoms with E-state index in [1.165, 1.54) is 42.1 Å². The summed E-state index contributed by atoms with van der Waals surface area (Å²) in [5.74, 6) is -0.999. The average Bonchev–Trinajstić information content (AvgIpc) is 2.78. The Morgan fingerprint density at radius 3 is 2.38 bits per heavy atom. The molecule has 0 saturated carbocycles. The van der Waals surface area contributed by atoms with Crippen molar-refractivity contribution < 1.29 is 22.8 Å². The number of hydrogen-bond acceptors (Lipinski definition) is 5. The molecule has 178 valence electrons. The molecule has 2 amide bonds. The minimum atomic E-state index is -4.53. The van der Waals surface area contributed by atoms with Gasteiger partial charge in [-0.15, -0.1) is 0 Å². The highest BCUT2D eigenvalue weighted by atomic mass is 32.2. The van der Waals surface area contributed by atoms with Gasteiger partial charge in [-0.2, -0.15) is 13.2 Å². The van der Waals surface area contributed by atoms with E-state index < -0.39 is 17.6 Å². The summed E-state index contributed by atoms with van der Waals surface area (Å²) >= 11 is 1.31. The van der Waals surface area contributed by atoms with Crippen LogP contribution in [0.15, 0.2) is 58.5 Å². The quantitative estimate of drug-likeness (QED) is 0.331. The van der Waals surface area contributed by atoms with Crippen LogP contribution in [0, 0.1) is 6.92 Å². The Balaban J connectivity index is 1.64. The summed E-state index contributed by atoms with van der Waals surface area (Å²) in [6.45, 7) is 1.70. The number of anilines is 2. The number of nitrogens with one attached hydrogen (secondary N) is 3. The number of H-pyrrole nitrogens is 1. The van der Waals surface area contributed by atoms with Gasteiger partial charge >= 0.3 is 6.18 Å². The Kier molecular flexibility index (Phi) is 7.77. The van der Waals surface area contributed by atoms with Crippen molar-refractivity contribution in [2.45, 2.75) is 31.1 Å². The van der Waals surface area contributed by atoms with Gasteiger partial charge < -0.3 is 15.6 Å². The molecule has 0 atom stereocenters. The van der Waals surface area contributed by atoms with E-state index >= 15 is 0 Å². The van der Waals surface area contributed by atoms with Crippen LogP contribution in [0.25, 0.3) is 0 Å². The maximum Gasteiger partial charge on any atom is 0.416 e. The molecule has 0 spiro atoms. The van der Waals surface area contributed by atoms with Gasteiger partial charge in [0.15, 0.2) is 5.16 Å². The maximum absolute atomic E-state index is 12.9. The number of aromatic amines is 1. The van der Waals surface area contributed by atoms with Gasteiger partial charge in [-0.05, 0) is 56.0 Å². The predicted octanol–water partition coefficient (Wildman–Crippen LogP) is 4.64. The van der Waals surface area contributed by atoms with Gasteiger partial charge in [0.05, 0.1) is 5.56 Å². The molecule has 1 heterocycles. The molecule has 11 heteroatoms. The average molecular weight is 491 g/mol. The highest BCUT2D eigenvalue weighted by Crippen LogP contribution is 2.30. The molecule has 0 aliphatic carbocycles. The third kappa shape index (κ3) is 6.47. The zero-order valence-corrected chi connectivity index (χ0v) is 19.1. The fourth-order valence-corrected chi connectivity index (χ4v) is 3.58. The number of hydrogen-bond donors (Lipinski definition) is 3. The molecule has 0 unspecified atom stereocenters. The van der Waals surface area contributed by atoms with Crippen molar-refractivity contribution in [3.63, 3.8) is 0 Å². The van der Waals surface area contributed by atoms with E-state index in [1.54, 1.807) is 19.2 Å². The summed E-state index contributed by atoms with van der Waals surface area (Å²) in [7, 11) is 0. The molecule has 3 N–H and O–H groups in total. The Morgan fingerprint density at radius 1 is 1.06 bits per heavy atom. The van der Waals surface area contributed by atoms with Gasteiger partial charge in [-0.1, -0.05) is 23.9 Å². The van der Waals surface area contributed by atoms with E-state index in [1.807, 2.05) is 0 Å². The third-order valence-electron chi connectivity index (χ3n) is 4.85. The molecule has 0 bridgehead atoms. The molecule has 0 aliphatic rings. The van der Waals surface area contributed by atoms with Gasteiger partial charge in [0.25, 0.3) is 11.5 Å². The molecule has 34 heavy (non-hydrogen) atoms. The second-order valence-electron chi connectivity index (χ2n) is 7.30. The molecular formula is C23H21F3N4O3S. The number of benzene rings is 2. The number of nitrogens with zero attached hydrogens (tertiary/aromatic N) is 1. The Hall–Kier alpha value is -3.60. The molecule has 0 saturated heterocycles. The summed E-state index contributed by atoms with van der Waals surface area (Å²) in [4.78, 5) is 44.0. The van der Waals surface area contributed by atoms with Gasteiger partial charge in [-0.25, -0.2) is 4.98 Å². The summed E-state index contributed by atoms with van der Waals surface area (Å²) < 4.78 is 38.6. The number of aryl methyl sites for hydroxylation is 1. The van der Waals surface area contributed by atoms with Crippen molar-refractivity contribution >= 4 is 35.0 Å². The zero-order chi connectivity index (χ0) is 24.9. The first-order valence-corrected chi connectivity index (χ1v) is 11.3. The van der Waals surface area contributed by atoms with E-state index in [4.69, 9.17) is 0 Å². The number of rotatable bonds is 7. The minimum absolute atomic E-state index is 0.00374. The van der Waals surface area contributed by atoms with E-state index in [9.17, 15) is 27.6 Å². The molecule has 0 radical (unpaired) electrons. The second kappa shape index (κ2) is 10.6. The third-order valence-corrected chi connectivity index (χ3v) is 5.43. The van der Waals surface area contributed by atoms with Gasteiger partial charge in [0, 0.05) is 34.6 Å². The first-order chi connectivity index (χ1) is 16.1. The molecule has 3 rings (SSSR count). The lowest BCUT2D eigenvalue weighted by Crippen LogP contribution is -2.20. The number of halogens is 3. The minimum Gasteiger partial charge on any atom is -0.326 e. The van der Waals surface area contributed by atoms with E-state index in [2.05, 4.69) is 20.6 Å². The summed E-state index contributed by atoms with van der Waals surface area (Å²) in [6.07, 6.45) is -2.53. The Bertz CT molecular complexity index is 1270. The molecular weight excluding hydrogens is 469 g/mol. The summed E-state index contributed by atoms with van der Waals surface area (Å²) in [5.41, 5.74) is 0.284. The zero-order valence-electron chi connectivity index (χ0n) is 18.2.